The lowest BCUT2D eigenvalue weighted by Crippen LogP contribution is -2.30. The Morgan fingerprint density at radius 3 is 2.62 bits per heavy atom. The third kappa shape index (κ3) is 5.47. The Morgan fingerprint density at radius 2 is 1.90 bits per heavy atom. The largest absolute Gasteiger partial charge is 0.457 e. The molecule has 1 aliphatic heterocycles. The monoisotopic (exact) mass is 450 g/mol. The van der Waals surface area contributed by atoms with Crippen LogP contribution in [0.1, 0.15) is 45.3 Å². The fourth-order valence-corrected chi connectivity index (χ4v) is 4.14. The lowest BCUT2D eigenvalue weighted by atomic mass is 10.2. The molecule has 0 aliphatic carbocycles. The zero-order chi connectivity index (χ0) is 20.8. The van der Waals surface area contributed by atoms with Crippen LogP contribution in [0.15, 0.2) is 44.6 Å². The minimum absolute atomic E-state index is 0.00816. The number of rotatable bonds is 8. The van der Waals surface area contributed by atoms with Gasteiger partial charge in [-0.15, -0.1) is 0 Å². The molecule has 0 saturated carbocycles. The van der Waals surface area contributed by atoms with Gasteiger partial charge in [-0.1, -0.05) is 49.9 Å². The minimum atomic E-state index is -0.00816. The van der Waals surface area contributed by atoms with Crippen LogP contribution in [0.4, 0.5) is 0 Å². The summed E-state index contributed by atoms with van der Waals surface area (Å²) in [5, 5.41) is 1.76. The van der Waals surface area contributed by atoms with Gasteiger partial charge in [0.2, 0.25) is 0 Å². The van der Waals surface area contributed by atoms with Crippen molar-refractivity contribution in [3.63, 3.8) is 0 Å². The summed E-state index contributed by atoms with van der Waals surface area (Å²) in [5.74, 6) is 1.28. The number of amides is 1. The first-order chi connectivity index (χ1) is 14.0. The van der Waals surface area contributed by atoms with Gasteiger partial charge in [-0.25, -0.2) is 0 Å². The van der Waals surface area contributed by atoms with E-state index in [4.69, 9.17) is 27.6 Å². The van der Waals surface area contributed by atoms with Crippen molar-refractivity contribution < 1.29 is 9.21 Å². The second-order valence-corrected chi connectivity index (χ2v) is 8.59. The number of amidine groups is 1. The number of furan rings is 1. The predicted molar refractivity (Wildman–Crippen MR) is 124 cm³/mol. The van der Waals surface area contributed by atoms with E-state index in [9.17, 15) is 4.79 Å². The average Bonchev–Trinajstić information content (AvgIpc) is 3.28. The first-order valence-electron chi connectivity index (χ1n) is 9.84. The first-order valence-corrected chi connectivity index (χ1v) is 11.4. The van der Waals surface area contributed by atoms with Gasteiger partial charge < -0.3 is 4.42 Å². The van der Waals surface area contributed by atoms with E-state index in [1.807, 2.05) is 18.2 Å². The van der Waals surface area contributed by atoms with Gasteiger partial charge in [0.25, 0.3) is 5.91 Å². The highest BCUT2D eigenvalue weighted by molar-refractivity contribution is 8.18. The SMILES string of the molecule is CCCCN=C1SC(=Cc2ccc(-c3ccc(Cl)c(Cl)c3)o2)C(=O)N1CCCC. The molecule has 0 bridgehead atoms. The number of halogens is 2. The van der Waals surface area contributed by atoms with Crippen LogP contribution in [0.25, 0.3) is 17.4 Å². The number of unbranched alkanes of at least 4 members (excludes halogenated alkanes) is 2. The molecule has 0 spiro atoms. The fraction of sp³-hybridized carbons (Fsp3) is 0.364. The number of hydrogen-bond donors (Lipinski definition) is 0. The molecule has 2 heterocycles. The van der Waals surface area contributed by atoms with E-state index in [0.29, 0.717) is 33.0 Å². The number of thioether (sulfide) groups is 1. The van der Waals surface area contributed by atoms with E-state index in [1.54, 1.807) is 23.1 Å². The van der Waals surface area contributed by atoms with Crippen molar-refractivity contribution in [3.05, 3.63) is 51.0 Å². The van der Waals surface area contributed by atoms with Gasteiger partial charge in [0.15, 0.2) is 5.17 Å². The van der Waals surface area contributed by atoms with Crippen LogP contribution < -0.4 is 0 Å². The van der Waals surface area contributed by atoms with Gasteiger partial charge in [-0.3, -0.25) is 14.7 Å². The van der Waals surface area contributed by atoms with Crippen LogP contribution in [0.3, 0.4) is 0 Å². The molecule has 7 heteroatoms. The lowest BCUT2D eigenvalue weighted by molar-refractivity contribution is -0.122. The highest BCUT2D eigenvalue weighted by Gasteiger charge is 2.32. The number of carbonyl (C=O) groups excluding carboxylic acids is 1. The smallest absolute Gasteiger partial charge is 0.266 e. The second-order valence-electron chi connectivity index (χ2n) is 6.77. The van der Waals surface area contributed by atoms with Crippen LogP contribution in [-0.4, -0.2) is 29.1 Å². The van der Waals surface area contributed by atoms with E-state index in [2.05, 4.69) is 18.8 Å². The van der Waals surface area contributed by atoms with Gasteiger partial charge in [0, 0.05) is 24.7 Å². The van der Waals surface area contributed by atoms with Crippen molar-refractivity contribution in [2.24, 2.45) is 4.99 Å². The molecule has 3 rings (SSSR count). The first kappa shape index (κ1) is 22.0. The molecule has 1 aromatic carbocycles. The Labute approximate surface area is 186 Å². The molecule has 2 aromatic rings. The third-order valence-electron chi connectivity index (χ3n) is 4.49. The average molecular weight is 451 g/mol. The number of benzene rings is 1. The molecule has 0 atom stereocenters. The van der Waals surface area contributed by atoms with Gasteiger partial charge >= 0.3 is 0 Å². The van der Waals surface area contributed by atoms with Gasteiger partial charge in [-0.2, -0.15) is 0 Å². The normalized spacial score (nSPS) is 17.1. The maximum Gasteiger partial charge on any atom is 0.266 e. The molecule has 0 unspecified atom stereocenters. The summed E-state index contributed by atoms with van der Waals surface area (Å²) >= 11 is 13.5. The van der Waals surface area contributed by atoms with Crippen molar-refractivity contribution in [2.75, 3.05) is 13.1 Å². The Bertz CT molecular complexity index is 937. The Balaban J connectivity index is 1.82. The van der Waals surface area contributed by atoms with Gasteiger partial charge in [0.05, 0.1) is 15.0 Å². The highest BCUT2D eigenvalue weighted by Crippen LogP contribution is 2.34. The summed E-state index contributed by atoms with van der Waals surface area (Å²) in [6, 6.07) is 9.06. The molecule has 1 amide bonds. The van der Waals surface area contributed by atoms with Gasteiger partial charge in [-0.05, 0) is 54.9 Å². The Morgan fingerprint density at radius 1 is 1.10 bits per heavy atom. The van der Waals surface area contributed by atoms with E-state index in [0.717, 1.165) is 43.0 Å². The fourth-order valence-electron chi connectivity index (χ4n) is 2.84. The molecule has 1 fully saturated rings. The van der Waals surface area contributed by atoms with Crippen molar-refractivity contribution in [1.82, 2.24) is 4.90 Å². The molecule has 0 radical (unpaired) electrons. The maximum absolute atomic E-state index is 12.9. The molecular formula is C22H24Cl2N2O2S. The quantitative estimate of drug-likeness (QED) is 0.317. The number of nitrogens with zero attached hydrogens (tertiary/aromatic N) is 2. The van der Waals surface area contributed by atoms with Crippen LogP contribution in [0.2, 0.25) is 10.0 Å². The van der Waals surface area contributed by atoms with E-state index < -0.39 is 0 Å². The summed E-state index contributed by atoms with van der Waals surface area (Å²) in [6.07, 6.45) is 5.87. The minimum Gasteiger partial charge on any atom is -0.457 e. The van der Waals surface area contributed by atoms with Gasteiger partial charge in [0.1, 0.15) is 11.5 Å². The highest BCUT2D eigenvalue weighted by atomic mass is 35.5. The molecule has 1 aliphatic rings. The molecule has 154 valence electrons. The maximum atomic E-state index is 12.9. The Hall–Kier alpha value is -1.69. The van der Waals surface area contributed by atoms with Crippen molar-refractivity contribution >= 4 is 52.1 Å². The summed E-state index contributed by atoms with van der Waals surface area (Å²) in [5.41, 5.74) is 0.834. The molecule has 1 aromatic heterocycles. The summed E-state index contributed by atoms with van der Waals surface area (Å²) in [7, 11) is 0. The molecule has 1 saturated heterocycles. The topological polar surface area (TPSA) is 45.8 Å². The second kappa shape index (κ2) is 10.4. The lowest BCUT2D eigenvalue weighted by Gasteiger charge is -2.14. The van der Waals surface area contributed by atoms with Crippen LogP contribution in [-0.2, 0) is 4.79 Å². The zero-order valence-corrected chi connectivity index (χ0v) is 18.9. The summed E-state index contributed by atoms with van der Waals surface area (Å²) < 4.78 is 5.92. The summed E-state index contributed by atoms with van der Waals surface area (Å²) in [6.45, 7) is 5.68. The molecule has 0 N–H and O–H groups in total. The molecular weight excluding hydrogens is 427 g/mol. The van der Waals surface area contributed by atoms with Crippen LogP contribution >= 0.6 is 35.0 Å². The summed E-state index contributed by atoms with van der Waals surface area (Å²) in [4.78, 5) is 20.0. The standard InChI is InChI=1S/C22H24Cl2N2O2S/c1-3-5-11-25-22-26(12-6-4-2)21(27)20(29-22)14-16-8-10-19(28-16)15-7-9-17(23)18(24)13-15/h7-10,13-14H,3-6,11-12H2,1-2H3. The van der Waals surface area contributed by atoms with Crippen LogP contribution in [0, 0.1) is 0 Å². The number of aliphatic imine (C=N–C) groups is 1. The number of hydrogen-bond acceptors (Lipinski definition) is 4. The molecule has 4 nitrogen and oxygen atoms in total. The van der Waals surface area contributed by atoms with E-state index >= 15 is 0 Å². The van der Waals surface area contributed by atoms with E-state index in [-0.39, 0.29) is 5.91 Å². The predicted octanol–water partition coefficient (Wildman–Crippen LogP) is 7.13. The van der Waals surface area contributed by atoms with E-state index in [1.165, 1.54) is 11.8 Å². The number of carbonyl (C=O) groups is 1. The van der Waals surface area contributed by atoms with Crippen molar-refractivity contribution in [1.29, 1.82) is 0 Å². The van der Waals surface area contributed by atoms with Crippen molar-refractivity contribution in [3.8, 4) is 11.3 Å². The van der Waals surface area contributed by atoms with Crippen LogP contribution in [0.5, 0.6) is 0 Å². The Kier molecular flexibility index (Phi) is 7.87. The third-order valence-corrected chi connectivity index (χ3v) is 6.27. The van der Waals surface area contributed by atoms with Crippen molar-refractivity contribution in [2.45, 2.75) is 39.5 Å². The molecule has 29 heavy (non-hydrogen) atoms. The zero-order valence-electron chi connectivity index (χ0n) is 16.6.